The predicted molar refractivity (Wildman–Crippen MR) is 107 cm³/mol. The second-order valence-electron chi connectivity index (χ2n) is 6.03. The predicted octanol–water partition coefficient (Wildman–Crippen LogP) is 4.99. The molecule has 0 saturated heterocycles. The Balaban J connectivity index is 1.71. The Kier molecular flexibility index (Phi) is 4.66. The minimum Gasteiger partial charge on any atom is -0.478 e. The molecule has 0 aromatic heterocycles. The summed E-state index contributed by atoms with van der Waals surface area (Å²) in [5.41, 5.74) is 0.853. The Morgan fingerprint density at radius 2 is 1.50 bits per heavy atom. The van der Waals surface area contributed by atoms with Crippen molar-refractivity contribution >= 4 is 46.8 Å². The summed E-state index contributed by atoms with van der Waals surface area (Å²) in [6, 6.07) is 18.1. The van der Waals surface area contributed by atoms with Crippen LogP contribution in [0.1, 0.15) is 31.1 Å². The smallest absolute Gasteiger partial charge is 0.336 e. The van der Waals surface area contributed by atoms with Crippen molar-refractivity contribution in [3.8, 4) is 0 Å². The van der Waals surface area contributed by atoms with Crippen LogP contribution < -0.4 is 4.90 Å². The number of carboxylic acids is 1. The molecule has 7 heteroatoms. The molecule has 28 heavy (non-hydrogen) atoms. The van der Waals surface area contributed by atoms with E-state index in [2.05, 4.69) is 0 Å². The van der Waals surface area contributed by atoms with E-state index >= 15 is 0 Å². The standard InChI is InChI=1S/C21H12ClNO4S/c22-12-5-8-14(9-6-12)28-18-10-7-13(11-17(18)21(26)27)23-19(24)15-3-1-2-4-16(15)20(23)25/h1-11H,(H,26,27). The summed E-state index contributed by atoms with van der Waals surface area (Å²) >= 11 is 7.15. The number of hydrogen-bond acceptors (Lipinski definition) is 4. The quantitative estimate of drug-likeness (QED) is 0.614. The van der Waals surface area contributed by atoms with Gasteiger partial charge in [-0.1, -0.05) is 35.5 Å². The molecule has 1 aliphatic heterocycles. The van der Waals surface area contributed by atoms with Crippen LogP contribution in [0.15, 0.2) is 76.5 Å². The molecule has 0 unspecified atom stereocenters. The number of amides is 2. The summed E-state index contributed by atoms with van der Waals surface area (Å²) in [6.45, 7) is 0. The fourth-order valence-electron chi connectivity index (χ4n) is 2.97. The molecule has 0 radical (unpaired) electrons. The zero-order valence-corrected chi connectivity index (χ0v) is 15.8. The van der Waals surface area contributed by atoms with Crippen molar-refractivity contribution in [1.82, 2.24) is 0 Å². The van der Waals surface area contributed by atoms with Crippen molar-refractivity contribution in [3.63, 3.8) is 0 Å². The summed E-state index contributed by atoms with van der Waals surface area (Å²) in [5, 5.41) is 10.2. The first-order chi connectivity index (χ1) is 13.5. The Morgan fingerprint density at radius 1 is 0.893 bits per heavy atom. The highest BCUT2D eigenvalue weighted by molar-refractivity contribution is 7.99. The van der Waals surface area contributed by atoms with Crippen LogP contribution in [0.2, 0.25) is 5.02 Å². The molecule has 0 saturated carbocycles. The van der Waals surface area contributed by atoms with Gasteiger partial charge in [-0.15, -0.1) is 0 Å². The molecule has 1 N–H and O–H groups in total. The lowest BCUT2D eigenvalue weighted by molar-refractivity contribution is 0.0692. The van der Waals surface area contributed by atoms with Crippen LogP contribution in [0.25, 0.3) is 0 Å². The molecule has 0 aliphatic carbocycles. The largest absolute Gasteiger partial charge is 0.478 e. The number of aromatic carboxylic acids is 1. The van der Waals surface area contributed by atoms with Gasteiger partial charge >= 0.3 is 5.97 Å². The molecule has 4 rings (SSSR count). The number of fused-ring (bicyclic) bond motifs is 1. The minimum atomic E-state index is -1.14. The molecule has 0 atom stereocenters. The molecular weight excluding hydrogens is 398 g/mol. The SMILES string of the molecule is O=C(O)c1cc(N2C(=O)c3ccccc3C2=O)ccc1Sc1ccc(Cl)cc1. The number of benzene rings is 3. The Labute approximate surface area is 169 Å². The van der Waals surface area contributed by atoms with Gasteiger partial charge in [0.2, 0.25) is 0 Å². The second kappa shape index (κ2) is 7.14. The van der Waals surface area contributed by atoms with E-state index in [0.717, 1.165) is 9.80 Å². The number of anilines is 1. The molecule has 3 aromatic rings. The molecule has 1 aliphatic rings. The number of carbonyl (C=O) groups excluding carboxylic acids is 2. The average molecular weight is 410 g/mol. The van der Waals surface area contributed by atoms with Gasteiger partial charge in [0.05, 0.1) is 22.4 Å². The summed E-state index contributed by atoms with van der Waals surface area (Å²) in [5.74, 6) is -2.07. The topological polar surface area (TPSA) is 74.7 Å². The first-order valence-corrected chi connectivity index (χ1v) is 9.44. The van der Waals surface area contributed by atoms with Gasteiger partial charge in [0.25, 0.3) is 11.8 Å². The van der Waals surface area contributed by atoms with Crippen molar-refractivity contribution in [2.75, 3.05) is 4.90 Å². The zero-order valence-electron chi connectivity index (χ0n) is 14.3. The van der Waals surface area contributed by atoms with E-state index < -0.39 is 17.8 Å². The highest BCUT2D eigenvalue weighted by Crippen LogP contribution is 2.35. The van der Waals surface area contributed by atoms with Crippen molar-refractivity contribution in [2.45, 2.75) is 9.79 Å². The third kappa shape index (κ3) is 3.17. The van der Waals surface area contributed by atoms with Crippen LogP contribution >= 0.6 is 23.4 Å². The highest BCUT2D eigenvalue weighted by atomic mass is 35.5. The summed E-state index contributed by atoms with van der Waals surface area (Å²) < 4.78 is 0. The first kappa shape index (κ1) is 18.3. The van der Waals surface area contributed by atoms with Crippen molar-refractivity contribution < 1.29 is 19.5 Å². The van der Waals surface area contributed by atoms with Crippen LogP contribution in [-0.2, 0) is 0 Å². The van der Waals surface area contributed by atoms with Crippen LogP contribution in [0.3, 0.4) is 0 Å². The number of hydrogen-bond donors (Lipinski definition) is 1. The summed E-state index contributed by atoms with van der Waals surface area (Å²) in [7, 11) is 0. The number of halogens is 1. The maximum absolute atomic E-state index is 12.6. The van der Waals surface area contributed by atoms with Gasteiger partial charge in [-0.25, -0.2) is 9.69 Å². The van der Waals surface area contributed by atoms with Gasteiger partial charge in [-0.05, 0) is 54.6 Å². The third-order valence-electron chi connectivity index (χ3n) is 4.29. The molecular formula is C21H12ClNO4S. The van der Waals surface area contributed by atoms with Crippen molar-refractivity contribution in [3.05, 3.63) is 88.4 Å². The minimum absolute atomic E-state index is 0.00834. The fraction of sp³-hybridized carbons (Fsp3) is 0. The van der Waals surface area contributed by atoms with E-state index in [1.807, 2.05) is 0 Å². The van der Waals surface area contributed by atoms with Gasteiger partial charge in [0.15, 0.2) is 0 Å². The van der Waals surface area contributed by atoms with E-state index in [1.165, 1.54) is 17.8 Å². The van der Waals surface area contributed by atoms with Gasteiger partial charge in [-0.2, -0.15) is 0 Å². The maximum Gasteiger partial charge on any atom is 0.336 e. The molecule has 1 heterocycles. The second-order valence-corrected chi connectivity index (χ2v) is 7.58. The van der Waals surface area contributed by atoms with Gasteiger partial charge < -0.3 is 5.11 Å². The fourth-order valence-corrected chi connectivity index (χ4v) is 4.01. The van der Waals surface area contributed by atoms with E-state index in [9.17, 15) is 19.5 Å². The van der Waals surface area contributed by atoms with E-state index in [4.69, 9.17) is 11.6 Å². The maximum atomic E-state index is 12.6. The Morgan fingerprint density at radius 3 is 2.07 bits per heavy atom. The molecule has 2 amide bonds. The molecule has 0 bridgehead atoms. The molecule has 3 aromatic carbocycles. The molecule has 0 spiro atoms. The van der Waals surface area contributed by atoms with E-state index in [1.54, 1.807) is 60.7 Å². The highest BCUT2D eigenvalue weighted by Gasteiger charge is 2.36. The monoisotopic (exact) mass is 409 g/mol. The van der Waals surface area contributed by atoms with Crippen LogP contribution in [0, 0.1) is 0 Å². The van der Waals surface area contributed by atoms with Crippen LogP contribution in [0.4, 0.5) is 5.69 Å². The number of rotatable bonds is 4. The van der Waals surface area contributed by atoms with Gasteiger partial charge in [-0.3, -0.25) is 9.59 Å². The summed E-state index contributed by atoms with van der Waals surface area (Å²) in [4.78, 5) is 39.4. The lowest BCUT2D eigenvalue weighted by Gasteiger charge is -2.16. The van der Waals surface area contributed by atoms with E-state index in [0.29, 0.717) is 21.0 Å². The third-order valence-corrected chi connectivity index (χ3v) is 5.62. The average Bonchev–Trinajstić information content (AvgIpc) is 2.95. The normalized spacial score (nSPS) is 13.0. The van der Waals surface area contributed by atoms with Crippen molar-refractivity contribution in [1.29, 1.82) is 0 Å². The number of carboxylic acid groups (broad SMARTS) is 1. The van der Waals surface area contributed by atoms with Gasteiger partial charge in [0.1, 0.15) is 0 Å². The lowest BCUT2D eigenvalue weighted by Crippen LogP contribution is -2.29. The Bertz CT molecular complexity index is 1090. The number of imide groups is 1. The van der Waals surface area contributed by atoms with Crippen LogP contribution in [0.5, 0.6) is 0 Å². The van der Waals surface area contributed by atoms with Crippen molar-refractivity contribution in [2.24, 2.45) is 0 Å². The molecule has 138 valence electrons. The Hall–Kier alpha value is -3.09. The van der Waals surface area contributed by atoms with Gasteiger partial charge in [0, 0.05) is 14.8 Å². The lowest BCUT2D eigenvalue weighted by atomic mass is 10.1. The zero-order chi connectivity index (χ0) is 19.8. The number of nitrogens with zero attached hydrogens (tertiary/aromatic N) is 1. The summed E-state index contributed by atoms with van der Waals surface area (Å²) in [6.07, 6.45) is 0. The first-order valence-electron chi connectivity index (χ1n) is 8.24. The molecule has 0 fully saturated rings. The van der Waals surface area contributed by atoms with Crippen LogP contribution in [-0.4, -0.2) is 22.9 Å². The van der Waals surface area contributed by atoms with E-state index in [-0.39, 0.29) is 11.3 Å². The number of carbonyl (C=O) groups is 3. The molecule has 5 nitrogen and oxygen atoms in total.